The van der Waals surface area contributed by atoms with Crippen molar-refractivity contribution in [2.75, 3.05) is 5.32 Å². The number of halogens is 1. The van der Waals surface area contributed by atoms with Gasteiger partial charge in [0.1, 0.15) is 5.82 Å². The zero-order chi connectivity index (χ0) is 15.0. The van der Waals surface area contributed by atoms with E-state index in [1.54, 1.807) is 13.0 Å². The van der Waals surface area contributed by atoms with E-state index in [1.807, 2.05) is 0 Å². The van der Waals surface area contributed by atoms with Crippen molar-refractivity contribution in [1.82, 2.24) is 4.98 Å². The molecule has 1 amide bonds. The molecule has 3 N–H and O–H groups in total. The highest BCUT2D eigenvalue weighted by atomic mass is 32.1. The molecule has 0 saturated carbocycles. The summed E-state index contributed by atoms with van der Waals surface area (Å²) in [6.07, 6.45) is 2.58. The van der Waals surface area contributed by atoms with Gasteiger partial charge in [-0.15, -0.1) is 11.3 Å². The monoisotopic (exact) mass is 305 g/mol. The molecule has 1 heterocycles. The molecular weight excluding hydrogens is 289 g/mol. The van der Waals surface area contributed by atoms with Gasteiger partial charge in [-0.25, -0.2) is 9.37 Å². The molecule has 0 radical (unpaired) electrons. The summed E-state index contributed by atoms with van der Waals surface area (Å²) in [5.41, 5.74) is 7.97. The number of benzene rings is 1. The van der Waals surface area contributed by atoms with Crippen LogP contribution < -0.4 is 11.1 Å². The molecule has 1 aliphatic rings. The number of carbonyl (C=O) groups is 1. The molecule has 1 atom stereocenters. The van der Waals surface area contributed by atoms with Gasteiger partial charge in [0, 0.05) is 16.5 Å². The molecule has 0 bridgehead atoms. The molecule has 0 spiro atoms. The standard InChI is InChI=1S/C15H16FN3OS/c1-8-4-9(6-10(16)5-8)14(20)19-15-18-12-3-2-11(17)7-13(12)21-15/h4-6,11H,2-3,7,17H2,1H3,(H,18,19,20)/t11-/m0/s1. The maximum Gasteiger partial charge on any atom is 0.257 e. The van der Waals surface area contributed by atoms with Crippen LogP contribution in [0.5, 0.6) is 0 Å². The lowest BCUT2D eigenvalue weighted by Crippen LogP contribution is -2.27. The van der Waals surface area contributed by atoms with Crippen LogP contribution in [0.1, 0.15) is 32.9 Å². The molecule has 4 nitrogen and oxygen atoms in total. The number of thiazole rings is 1. The second kappa shape index (κ2) is 5.54. The van der Waals surface area contributed by atoms with Gasteiger partial charge in [-0.05, 0) is 49.9 Å². The quantitative estimate of drug-likeness (QED) is 0.896. The van der Waals surface area contributed by atoms with E-state index in [-0.39, 0.29) is 11.9 Å². The molecular formula is C15H16FN3OS. The van der Waals surface area contributed by atoms with Gasteiger partial charge in [0.05, 0.1) is 5.69 Å². The number of nitrogens with zero attached hydrogens (tertiary/aromatic N) is 1. The third kappa shape index (κ3) is 3.11. The normalized spacial score (nSPS) is 17.4. The molecule has 1 aliphatic carbocycles. The summed E-state index contributed by atoms with van der Waals surface area (Å²) < 4.78 is 13.3. The van der Waals surface area contributed by atoms with Crippen molar-refractivity contribution >= 4 is 22.4 Å². The predicted octanol–water partition coefficient (Wildman–Crippen LogP) is 2.66. The first-order valence-corrected chi connectivity index (χ1v) is 7.65. The van der Waals surface area contributed by atoms with E-state index in [0.717, 1.165) is 29.8 Å². The molecule has 2 aromatic rings. The number of carbonyl (C=O) groups excluding carboxylic acids is 1. The number of amides is 1. The van der Waals surface area contributed by atoms with E-state index in [4.69, 9.17) is 5.73 Å². The van der Waals surface area contributed by atoms with Gasteiger partial charge < -0.3 is 5.73 Å². The molecule has 21 heavy (non-hydrogen) atoms. The molecule has 0 saturated heterocycles. The number of rotatable bonds is 2. The predicted molar refractivity (Wildman–Crippen MR) is 81.2 cm³/mol. The number of anilines is 1. The van der Waals surface area contributed by atoms with Crippen molar-refractivity contribution in [2.45, 2.75) is 32.2 Å². The Morgan fingerprint density at radius 1 is 1.48 bits per heavy atom. The number of aryl methyl sites for hydroxylation is 2. The first kappa shape index (κ1) is 14.2. The average molecular weight is 305 g/mol. The Kier molecular flexibility index (Phi) is 3.73. The molecule has 0 unspecified atom stereocenters. The Balaban J connectivity index is 1.79. The number of hydrogen-bond acceptors (Lipinski definition) is 4. The van der Waals surface area contributed by atoms with Crippen molar-refractivity contribution in [3.63, 3.8) is 0 Å². The van der Waals surface area contributed by atoms with E-state index in [0.29, 0.717) is 16.3 Å². The molecule has 6 heteroatoms. The van der Waals surface area contributed by atoms with Crippen LogP contribution in [0, 0.1) is 12.7 Å². The highest BCUT2D eigenvalue weighted by Gasteiger charge is 2.21. The van der Waals surface area contributed by atoms with Gasteiger partial charge in [0.15, 0.2) is 5.13 Å². The van der Waals surface area contributed by atoms with Crippen LogP contribution in [-0.4, -0.2) is 16.9 Å². The van der Waals surface area contributed by atoms with Crippen molar-refractivity contribution in [3.8, 4) is 0 Å². The second-order valence-corrected chi connectivity index (χ2v) is 6.45. The fourth-order valence-corrected chi connectivity index (χ4v) is 3.59. The lowest BCUT2D eigenvalue weighted by Gasteiger charge is -2.15. The third-order valence-corrected chi connectivity index (χ3v) is 4.54. The van der Waals surface area contributed by atoms with Crippen LogP contribution in [0.15, 0.2) is 18.2 Å². The highest BCUT2D eigenvalue weighted by Crippen LogP contribution is 2.29. The third-order valence-electron chi connectivity index (χ3n) is 3.50. The topological polar surface area (TPSA) is 68.0 Å². The summed E-state index contributed by atoms with van der Waals surface area (Å²) in [6, 6.07) is 4.45. The minimum Gasteiger partial charge on any atom is -0.327 e. The minimum absolute atomic E-state index is 0.173. The smallest absolute Gasteiger partial charge is 0.257 e. The van der Waals surface area contributed by atoms with Gasteiger partial charge in [0.2, 0.25) is 0 Å². The number of nitrogens with two attached hydrogens (primary N) is 1. The fourth-order valence-electron chi connectivity index (χ4n) is 2.49. The summed E-state index contributed by atoms with van der Waals surface area (Å²) in [4.78, 5) is 17.7. The first-order valence-electron chi connectivity index (χ1n) is 6.84. The molecule has 3 rings (SSSR count). The minimum atomic E-state index is -0.412. The van der Waals surface area contributed by atoms with Crippen molar-refractivity contribution in [2.24, 2.45) is 5.73 Å². The number of hydrogen-bond donors (Lipinski definition) is 2. The van der Waals surface area contributed by atoms with Gasteiger partial charge in [-0.1, -0.05) is 0 Å². The Morgan fingerprint density at radius 2 is 2.29 bits per heavy atom. The average Bonchev–Trinajstić information content (AvgIpc) is 2.78. The van der Waals surface area contributed by atoms with Crippen LogP contribution in [0.2, 0.25) is 0 Å². The molecule has 0 aliphatic heterocycles. The van der Waals surface area contributed by atoms with E-state index < -0.39 is 5.82 Å². The van der Waals surface area contributed by atoms with Crippen LogP contribution in [0.4, 0.5) is 9.52 Å². The van der Waals surface area contributed by atoms with Crippen LogP contribution in [-0.2, 0) is 12.8 Å². The van der Waals surface area contributed by atoms with Crippen molar-refractivity contribution in [3.05, 3.63) is 45.7 Å². The first-order chi connectivity index (χ1) is 10.0. The van der Waals surface area contributed by atoms with E-state index in [9.17, 15) is 9.18 Å². The summed E-state index contributed by atoms with van der Waals surface area (Å²) in [6.45, 7) is 1.75. The van der Waals surface area contributed by atoms with Crippen molar-refractivity contribution < 1.29 is 9.18 Å². The molecule has 1 aromatic carbocycles. The fraction of sp³-hybridized carbons (Fsp3) is 0.333. The molecule has 110 valence electrons. The lowest BCUT2D eigenvalue weighted by molar-refractivity contribution is 0.102. The second-order valence-electron chi connectivity index (χ2n) is 5.36. The zero-order valence-electron chi connectivity index (χ0n) is 11.6. The highest BCUT2D eigenvalue weighted by molar-refractivity contribution is 7.15. The summed E-state index contributed by atoms with van der Waals surface area (Å²) >= 11 is 1.45. The largest absolute Gasteiger partial charge is 0.327 e. The van der Waals surface area contributed by atoms with Gasteiger partial charge in [-0.2, -0.15) is 0 Å². The zero-order valence-corrected chi connectivity index (χ0v) is 12.5. The maximum atomic E-state index is 13.3. The van der Waals surface area contributed by atoms with E-state index >= 15 is 0 Å². The van der Waals surface area contributed by atoms with Crippen LogP contribution in [0.25, 0.3) is 0 Å². The summed E-state index contributed by atoms with van der Waals surface area (Å²) in [5.74, 6) is -0.752. The maximum absolute atomic E-state index is 13.3. The molecule has 1 aromatic heterocycles. The van der Waals surface area contributed by atoms with Crippen molar-refractivity contribution in [1.29, 1.82) is 0 Å². The Bertz CT molecular complexity index is 678. The lowest BCUT2D eigenvalue weighted by atomic mass is 9.99. The van der Waals surface area contributed by atoms with E-state index in [1.165, 1.54) is 23.5 Å². The number of aromatic nitrogens is 1. The van der Waals surface area contributed by atoms with Gasteiger partial charge in [0.25, 0.3) is 5.91 Å². The molecule has 0 fully saturated rings. The Hall–Kier alpha value is -1.79. The van der Waals surface area contributed by atoms with Crippen LogP contribution in [0.3, 0.4) is 0 Å². The van der Waals surface area contributed by atoms with E-state index in [2.05, 4.69) is 10.3 Å². The number of fused-ring (bicyclic) bond motifs is 1. The van der Waals surface area contributed by atoms with Gasteiger partial charge >= 0.3 is 0 Å². The Labute approximate surface area is 126 Å². The Morgan fingerprint density at radius 3 is 3.05 bits per heavy atom. The summed E-state index contributed by atoms with van der Waals surface area (Å²) in [7, 11) is 0. The SMILES string of the molecule is Cc1cc(F)cc(C(=O)Nc2nc3c(s2)C[C@@H](N)CC3)c1. The number of nitrogens with one attached hydrogen (secondary N) is 1. The summed E-state index contributed by atoms with van der Waals surface area (Å²) in [5, 5.41) is 3.30. The van der Waals surface area contributed by atoms with Gasteiger partial charge in [-0.3, -0.25) is 10.1 Å². The van der Waals surface area contributed by atoms with Crippen LogP contribution >= 0.6 is 11.3 Å².